The number of hydrogen-bond donors (Lipinski definition) is 1. The number of ether oxygens (including phenoxy) is 1. The Morgan fingerprint density at radius 2 is 2.20 bits per heavy atom. The van der Waals surface area contributed by atoms with Crippen LogP contribution in [0, 0.1) is 5.92 Å². The lowest BCUT2D eigenvalue weighted by Gasteiger charge is -2.21. The molecule has 4 heteroatoms. The van der Waals surface area contributed by atoms with E-state index in [-0.39, 0.29) is 17.2 Å². The van der Waals surface area contributed by atoms with Crippen LogP contribution in [0.5, 0.6) is 0 Å². The van der Waals surface area contributed by atoms with Gasteiger partial charge in [-0.15, -0.1) is 11.6 Å². The predicted octanol–water partition coefficient (Wildman–Crippen LogP) is 1.94. The molecule has 1 N–H and O–H groups in total. The average Bonchev–Trinajstić information content (AvgIpc) is 2.29. The Morgan fingerprint density at radius 1 is 1.53 bits per heavy atom. The molecule has 0 aromatic heterocycles. The van der Waals surface area contributed by atoms with Crippen molar-refractivity contribution in [2.24, 2.45) is 5.92 Å². The molecule has 1 unspecified atom stereocenters. The number of rotatable bonds is 5. The lowest BCUT2D eigenvalue weighted by Crippen LogP contribution is -2.35. The average molecular weight is 234 g/mol. The van der Waals surface area contributed by atoms with Crippen molar-refractivity contribution in [3.8, 4) is 0 Å². The van der Waals surface area contributed by atoms with Gasteiger partial charge in [-0.3, -0.25) is 4.79 Å². The number of nitrogens with one attached hydrogen (secondary N) is 1. The molecule has 1 atom stereocenters. The van der Waals surface area contributed by atoms with Gasteiger partial charge < -0.3 is 10.1 Å². The Balaban J connectivity index is 2.12. The van der Waals surface area contributed by atoms with Gasteiger partial charge in [-0.2, -0.15) is 0 Å². The smallest absolute Gasteiger partial charge is 0.223 e. The van der Waals surface area contributed by atoms with Gasteiger partial charge in [0.15, 0.2) is 0 Å². The van der Waals surface area contributed by atoms with Crippen LogP contribution in [-0.4, -0.2) is 31.0 Å². The van der Waals surface area contributed by atoms with E-state index in [0.29, 0.717) is 19.8 Å². The monoisotopic (exact) mass is 233 g/mol. The number of hydrogen-bond acceptors (Lipinski definition) is 2. The Morgan fingerprint density at radius 3 is 2.80 bits per heavy atom. The van der Waals surface area contributed by atoms with Gasteiger partial charge in [0.25, 0.3) is 0 Å². The molecule has 1 saturated heterocycles. The highest BCUT2D eigenvalue weighted by molar-refractivity contribution is 6.20. The van der Waals surface area contributed by atoms with Crippen molar-refractivity contribution in [1.29, 1.82) is 0 Å². The van der Waals surface area contributed by atoms with Crippen molar-refractivity contribution < 1.29 is 9.53 Å². The Kier molecular flexibility index (Phi) is 6.03. The third kappa shape index (κ3) is 4.85. The van der Waals surface area contributed by atoms with E-state index in [4.69, 9.17) is 16.3 Å². The minimum Gasteiger partial charge on any atom is -0.381 e. The molecule has 15 heavy (non-hydrogen) atoms. The van der Waals surface area contributed by atoms with E-state index in [2.05, 4.69) is 12.2 Å². The van der Waals surface area contributed by atoms with Gasteiger partial charge in [-0.1, -0.05) is 6.92 Å². The summed E-state index contributed by atoms with van der Waals surface area (Å²) in [5.74, 6) is 0.312. The SMILES string of the molecule is CCC(Cl)CCNC(=O)C1CCOCC1. The zero-order chi connectivity index (χ0) is 11.1. The van der Waals surface area contributed by atoms with Gasteiger partial charge in [0.2, 0.25) is 5.91 Å². The summed E-state index contributed by atoms with van der Waals surface area (Å²) in [6.07, 6.45) is 3.51. The van der Waals surface area contributed by atoms with E-state index in [0.717, 1.165) is 25.7 Å². The van der Waals surface area contributed by atoms with Crippen LogP contribution in [-0.2, 0) is 9.53 Å². The largest absolute Gasteiger partial charge is 0.381 e. The van der Waals surface area contributed by atoms with Crippen LogP contribution < -0.4 is 5.32 Å². The number of carbonyl (C=O) groups excluding carboxylic acids is 1. The fourth-order valence-corrected chi connectivity index (χ4v) is 1.77. The molecule has 0 aromatic carbocycles. The molecule has 88 valence electrons. The van der Waals surface area contributed by atoms with Crippen molar-refractivity contribution in [3.63, 3.8) is 0 Å². The number of alkyl halides is 1. The molecular formula is C11H20ClNO2. The molecule has 0 bridgehead atoms. The second-order valence-corrected chi connectivity index (χ2v) is 4.59. The summed E-state index contributed by atoms with van der Waals surface area (Å²) in [6.45, 7) is 4.17. The second kappa shape index (κ2) is 7.07. The van der Waals surface area contributed by atoms with Gasteiger partial charge in [-0.05, 0) is 25.7 Å². The standard InChI is InChI=1S/C11H20ClNO2/c1-2-10(12)3-6-13-11(14)9-4-7-15-8-5-9/h9-10H,2-8H2,1H3,(H,13,14). The van der Waals surface area contributed by atoms with Crippen LogP contribution in [0.2, 0.25) is 0 Å². The quantitative estimate of drug-likeness (QED) is 0.737. The first kappa shape index (κ1) is 12.8. The van der Waals surface area contributed by atoms with Crippen LogP contribution in [0.15, 0.2) is 0 Å². The molecule has 1 aliphatic heterocycles. The third-order valence-electron chi connectivity index (χ3n) is 2.79. The van der Waals surface area contributed by atoms with Gasteiger partial charge >= 0.3 is 0 Å². The van der Waals surface area contributed by atoms with Gasteiger partial charge in [-0.25, -0.2) is 0 Å². The maximum absolute atomic E-state index is 11.7. The summed E-state index contributed by atoms with van der Waals surface area (Å²) in [5, 5.41) is 3.12. The Hall–Kier alpha value is -0.280. The molecule has 1 heterocycles. The molecule has 0 aliphatic carbocycles. The normalized spacial score (nSPS) is 19.9. The van der Waals surface area contributed by atoms with E-state index in [9.17, 15) is 4.79 Å². The van der Waals surface area contributed by atoms with Crippen molar-refractivity contribution in [3.05, 3.63) is 0 Å². The summed E-state index contributed by atoms with van der Waals surface area (Å²) in [4.78, 5) is 11.7. The van der Waals surface area contributed by atoms with Crippen molar-refractivity contribution in [1.82, 2.24) is 5.32 Å². The number of halogens is 1. The lowest BCUT2D eigenvalue weighted by molar-refractivity contribution is -0.127. The first-order valence-corrected chi connectivity index (χ1v) is 6.17. The summed E-state index contributed by atoms with van der Waals surface area (Å²) in [6, 6.07) is 0. The summed E-state index contributed by atoms with van der Waals surface area (Å²) < 4.78 is 5.21. The van der Waals surface area contributed by atoms with E-state index in [1.807, 2.05) is 0 Å². The molecule has 1 amide bonds. The van der Waals surface area contributed by atoms with Gasteiger partial charge in [0.1, 0.15) is 0 Å². The maximum atomic E-state index is 11.7. The number of amides is 1. The van der Waals surface area contributed by atoms with Crippen LogP contribution in [0.1, 0.15) is 32.6 Å². The van der Waals surface area contributed by atoms with Crippen LogP contribution in [0.25, 0.3) is 0 Å². The zero-order valence-corrected chi connectivity index (χ0v) is 10.1. The molecule has 1 aliphatic rings. The molecule has 1 rings (SSSR count). The summed E-state index contributed by atoms with van der Waals surface area (Å²) >= 11 is 5.96. The van der Waals surface area contributed by atoms with E-state index < -0.39 is 0 Å². The van der Waals surface area contributed by atoms with Crippen molar-refractivity contribution in [2.45, 2.75) is 38.0 Å². The summed E-state index contributed by atoms with van der Waals surface area (Å²) in [5.41, 5.74) is 0. The van der Waals surface area contributed by atoms with Gasteiger partial charge in [0, 0.05) is 31.1 Å². The zero-order valence-electron chi connectivity index (χ0n) is 9.30. The first-order chi connectivity index (χ1) is 7.24. The Bertz CT molecular complexity index is 193. The molecule has 3 nitrogen and oxygen atoms in total. The Labute approximate surface area is 96.5 Å². The number of carbonyl (C=O) groups is 1. The van der Waals surface area contributed by atoms with Gasteiger partial charge in [0.05, 0.1) is 0 Å². The molecule has 1 fully saturated rings. The predicted molar refractivity (Wildman–Crippen MR) is 61.1 cm³/mol. The first-order valence-electron chi connectivity index (χ1n) is 5.73. The topological polar surface area (TPSA) is 38.3 Å². The van der Waals surface area contributed by atoms with Crippen LogP contribution in [0.4, 0.5) is 0 Å². The molecule has 0 spiro atoms. The highest BCUT2D eigenvalue weighted by Gasteiger charge is 2.20. The lowest BCUT2D eigenvalue weighted by atomic mass is 9.99. The maximum Gasteiger partial charge on any atom is 0.223 e. The molecular weight excluding hydrogens is 214 g/mol. The van der Waals surface area contributed by atoms with Crippen LogP contribution >= 0.6 is 11.6 Å². The molecule has 0 saturated carbocycles. The highest BCUT2D eigenvalue weighted by atomic mass is 35.5. The minimum atomic E-state index is 0.147. The molecule has 0 radical (unpaired) electrons. The third-order valence-corrected chi connectivity index (χ3v) is 3.32. The van der Waals surface area contributed by atoms with E-state index in [1.54, 1.807) is 0 Å². The minimum absolute atomic E-state index is 0.147. The van der Waals surface area contributed by atoms with Crippen molar-refractivity contribution in [2.75, 3.05) is 19.8 Å². The van der Waals surface area contributed by atoms with Crippen molar-refractivity contribution >= 4 is 17.5 Å². The second-order valence-electron chi connectivity index (χ2n) is 3.97. The van der Waals surface area contributed by atoms with E-state index >= 15 is 0 Å². The fourth-order valence-electron chi connectivity index (χ4n) is 1.66. The van der Waals surface area contributed by atoms with Crippen LogP contribution in [0.3, 0.4) is 0 Å². The highest BCUT2D eigenvalue weighted by Crippen LogP contribution is 2.14. The fraction of sp³-hybridized carbons (Fsp3) is 0.909. The summed E-state index contributed by atoms with van der Waals surface area (Å²) in [7, 11) is 0. The molecule has 0 aromatic rings. The van der Waals surface area contributed by atoms with E-state index in [1.165, 1.54) is 0 Å².